The van der Waals surface area contributed by atoms with Gasteiger partial charge in [0.1, 0.15) is 6.26 Å². The predicted octanol–water partition coefficient (Wildman–Crippen LogP) is 1.99. The summed E-state index contributed by atoms with van der Waals surface area (Å²) >= 11 is 0. The highest BCUT2D eigenvalue weighted by atomic mass is 16.5. The van der Waals surface area contributed by atoms with Crippen LogP contribution in [0.3, 0.4) is 0 Å². The minimum atomic E-state index is 0.424. The Bertz CT molecular complexity index is 445. The summed E-state index contributed by atoms with van der Waals surface area (Å²) in [4.78, 5) is 2.04. The Morgan fingerprint density at radius 2 is 1.87 bits per heavy atom. The number of benzene rings is 1. The summed E-state index contributed by atoms with van der Waals surface area (Å²) < 4.78 is 4.79. The van der Waals surface area contributed by atoms with Crippen LogP contribution in [-0.4, -0.2) is 19.3 Å². The summed E-state index contributed by atoms with van der Waals surface area (Å²) in [6.07, 6.45) is 1.56. The second-order valence-corrected chi connectivity index (χ2v) is 3.55. The number of aromatic nitrogens is 1. The Morgan fingerprint density at radius 3 is 2.33 bits per heavy atom. The van der Waals surface area contributed by atoms with E-state index in [1.165, 1.54) is 0 Å². The number of rotatable bonds is 2. The van der Waals surface area contributed by atoms with Gasteiger partial charge in [0.15, 0.2) is 5.82 Å². The van der Waals surface area contributed by atoms with Gasteiger partial charge in [0.2, 0.25) is 0 Å². The summed E-state index contributed by atoms with van der Waals surface area (Å²) in [6.45, 7) is 0. The highest BCUT2D eigenvalue weighted by molar-refractivity contribution is 5.73. The molecule has 78 valence electrons. The van der Waals surface area contributed by atoms with Crippen LogP contribution in [0.2, 0.25) is 0 Å². The Balaban J connectivity index is 2.36. The van der Waals surface area contributed by atoms with Gasteiger partial charge in [0.05, 0.1) is 5.56 Å². The fourth-order valence-electron chi connectivity index (χ4n) is 1.40. The van der Waals surface area contributed by atoms with Gasteiger partial charge in [0, 0.05) is 19.8 Å². The third-order valence-corrected chi connectivity index (χ3v) is 2.29. The predicted molar refractivity (Wildman–Crippen MR) is 60.7 cm³/mol. The third-order valence-electron chi connectivity index (χ3n) is 2.29. The fraction of sp³-hybridized carbons (Fsp3) is 0.182. The van der Waals surface area contributed by atoms with Crippen LogP contribution in [0.25, 0.3) is 11.1 Å². The molecular weight excluding hydrogens is 190 g/mol. The lowest BCUT2D eigenvalue weighted by Crippen LogP contribution is -2.07. The Kier molecular flexibility index (Phi) is 2.33. The van der Waals surface area contributed by atoms with Crippen molar-refractivity contribution in [1.82, 2.24) is 5.16 Å². The molecular formula is C11H13N3O. The van der Waals surface area contributed by atoms with Crippen LogP contribution >= 0.6 is 0 Å². The molecule has 15 heavy (non-hydrogen) atoms. The SMILES string of the molecule is CN(C)c1ccc(-c2conc2N)cc1. The van der Waals surface area contributed by atoms with Crippen molar-refractivity contribution in [2.24, 2.45) is 0 Å². The molecule has 0 bridgehead atoms. The first-order valence-corrected chi connectivity index (χ1v) is 4.66. The quantitative estimate of drug-likeness (QED) is 0.811. The zero-order valence-electron chi connectivity index (χ0n) is 8.77. The van der Waals surface area contributed by atoms with Crippen LogP contribution in [-0.2, 0) is 0 Å². The molecule has 1 heterocycles. The summed E-state index contributed by atoms with van der Waals surface area (Å²) in [5, 5.41) is 3.64. The van der Waals surface area contributed by atoms with Gasteiger partial charge in [-0.3, -0.25) is 0 Å². The first kappa shape index (κ1) is 9.58. The lowest BCUT2D eigenvalue weighted by Gasteiger charge is -2.12. The van der Waals surface area contributed by atoms with Crippen molar-refractivity contribution >= 4 is 11.5 Å². The van der Waals surface area contributed by atoms with E-state index in [4.69, 9.17) is 10.3 Å². The normalized spacial score (nSPS) is 10.3. The smallest absolute Gasteiger partial charge is 0.174 e. The molecule has 0 aliphatic rings. The molecule has 0 saturated carbocycles. The molecule has 1 aromatic heterocycles. The topological polar surface area (TPSA) is 55.3 Å². The van der Waals surface area contributed by atoms with E-state index in [0.29, 0.717) is 5.82 Å². The van der Waals surface area contributed by atoms with Crippen molar-refractivity contribution in [3.8, 4) is 11.1 Å². The van der Waals surface area contributed by atoms with Crippen molar-refractivity contribution in [2.45, 2.75) is 0 Å². The number of anilines is 2. The second-order valence-electron chi connectivity index (χ2n) is 3.55. The minimum absolute atomic E-state index is 0.424. The van der Waals surface area contributed by atoms with Crippen molar-refractivity contribution in [1.29, 1.82) is 0 Å². The van der Waals surface area contributed by atoms with Gasteiger partial charge >= 0.3 is 0 Å². The highest BCUT2D eigenvalue weighted by Gasteiger charge is 2.06. The van der Waals surface area contributed by atoms with Crippen LogP contribution in [0.4, 0.5) is 11.5 Å². The van der Waals surface area contributed by atoms with Crippen LogP contribution in [0, 0.1) is 0 Å². The van der Waals surface area contributed by atoms with E-state index in [9.17, 15) is 0 Å². The lowest BCUT2D eigenvalue weighted by atomic mass is 10.1. The summed E-state index contributed by atoms with van der Waals surface area (Å²) in [5.41, 5.74) is 8.65. The van der Waals surface area contributed by atoms with Crippen LogP contribution < -0.4 is 10.6 Å². The average Bonchev–Trinajstić information content (AvgIpc) is 2.65. The van der Waals surface area contributed by atoms with E-state index in [-0.39, 0.29) is 0 Å². The van der Waals surface area contributed by atoms with Crippen molar-refractivity contribution < 1.29 is 4.52 Å². The van der Waals surface area contributed by atoms with Gasteiger partial charge in [-0.1, -0.05) is 17.3 Å². The van der Waals surface area contributed by atoms with E-state index in [1.807, 2.05) is 43.3 Å². The van der Waals surface area contributed by atoms with E-state index >= 15 is 0 Å². The number of nitrogens with two attached hydrogens (primary N) is 1. The Labute approximate surface area is 88.3 Å². The summed E-state index contributed by atoms with van der Waals surface area (Å²) in [6, 6.07) is 8.06. The number of hydrogen-bond acceptors (Lipinski definition) is 4. The molecule has 0 atom stereocenters. The second kappa shape index (κ2) is 3.65. The summed E-state index contributed by atoms with van der Waals surface area (Å²) in [7, 11) is 4.01. The largest absolute Gasteiger partial charge is 0.380 e. The van der Waals surface area contributed by atoms with Crippen molar-refractivity contribution in [3.05, 3.63) is 30.5 Å². The van der Waals surface area contributed by atoms with E-state index in [2.05, 4.69) is 5.16 Å². The maximum Gasteiger partial charge on any atom is 0.174 e. The first-order valence-electron chi connectivity index (χ1n) is 4.66. The molecule has 1 aromatic carbocycles. The maximum absolute atomic E-state index is 5.66. The fourth-order valence-corrected chi connectivity index (χ4v) is 1.40. The molecule has 0 saturated heterocycles. The molecule has 0 spiro atoms. The monoisotopic (exact) mass is 203 g/mol. The first-order chi connectivity index (χ1) is 7.18. The number of hydrogen-bond donors (Lipinski definition) is 1. The molecule has 4 heteroatoms. The minimum Gasteiger partial charge on any atom is -0.380 e. The standard InChI is InChI=1S/C11H13N3O/c1-14(2)9-5-3-8(4-6-9)10-7-15-13-11(10)12/h3-7H,1-2H3,(H2,12,13). The Hall–Kier alpha value is -1.97. The molecule has 0 unspecified atom stereocenters. The molecule has 0 radical (unpaired) electrons. The van der Waals surface area contributed by atoms with Crippen LogP contribution in [0.1, 0.15) is 0 Å². The van der Waals surface area contributed by atoms with Gasteiger partial charge in [-0.05, 0) is 17.7 Å². The molecule has 0 aliphatic heterocycles. The third kappa shape index (κ3) is 1.79. The van der Waals surface area contributed by atoms with Crippen LogP contribution in [0.15, 0.2) is 35.1 Å². The zero-order valence-corrected chi connectivity index (χ0v) is 8.77. The van der Waals surface area contributed by atoms with Crippen molar-refractivity contribution in [2.75, 3.05) is 24.7 Å². The summed E-state index contributed by atoms with van der Waals surface area (Å²) in [5.74, 6) is 0.424. The maximum atomic E-state index is 5.66. The van der Waals surface area contributed by atoms with Crippen LogP contribution in [0.5, 0.6) is 0 Å². The molecule has 0 amide bonds. The molecule has 4 nitrogen and oxygen atoms in total. The number of nitrogens with zero attached hydrogens (tertiary/aromatic N) is 2. The Morgan fingerprint density at radius 1 is 1.20 bits per heavy atom. The molecule has 2 rings (SSSR count). The van der Waals surface area contributed by atoms with E-state index in [0.717, 1.165) is 16.8 Å². The van der Waals surface area contributed by atoms with E-state index in [1.54, 1.807) is 6.26 Å². The van der Waals surface area contributed by atoms with Crippen molar-refractivity contribution in [3.63, 3.8) is 0 Å². The molecule has 0 aliphatic carbocycles. The van der Waals surface area contributed by atoms with Gasteiger partial charge in [-0.2, -0.15) is 0 Å². The number of nitrogen functional groups attached to an aromatic ring is 1. The molecule has 0 fully saturated rings. The average molecular weight is 203 g/mol. The molecule has 2 aromatic rings. The zero-order chi connectivity index (χ0) is 10.8. The van der Waals surface area contributed by atoms with Gasteiger partial charge < -0.3 is 15.2 Å². The van der Waals surface area contributed by atoms with Gasteiger partial charge in [-0.25, -0.2) is 0 Å². The van der Waals surface area contributed by atoms with Gasteiger partial charge in [-0.15, -0.1) is 0 Å². The highest BCUT2D eigenvalue weighted by Crippen LogP contribution is 2.26. The van der Waals surface area contributed by atoms with E-state index < -0.39 is 0 Å². The lowest BCUT2D eigenvalue weighted by molar-refractivity contribution is 0.423. The van der Waals surface area contributed by atoms with Gasteiger partial charge in [0.25, 0.3) is 0 Å². The molecule has 2 N–H and O–H groups in total.